The van der Waals surface area contributed by atoms with E-state index in [0.717, 1.165) is 25.1 Å². The van der Waals surface area contributed by atoms with Gasteiger partial charge in [-0.1, -0.05) is 13.8 Å². The highest BCUT2D eigenvalue weighted by Gasteiger charge is 2.36. The highest BCUT2D eigenvalue weighted by Crippen LogP contribution is 2.40. The average molecular weight is 296 g/mol. The zero-order valence-electron chi connectivity index (χ0n) is 12.3. The molecule has 116 valence electrons. The monoisotopic (exact) mass is 296 g/mol. The molecule has 1 aromatic heterocycles. The summed E-state index contributed by atoms with van der Waals surface area (Å²) in [5.74, 6) is -1.86. The Morgan fingerprint density at radius 1 is 1.38 bits per heavy atom. The Kier molecular flexibility index (Phi) is 4.18. The molecular formula is C15H21FN2O3. The van der Waals surface area contributed by atoms with Crippen LogP contribution in [0.1, 0.15) is 49.9 Å². The van der Waals surface area contributed by atoms with Gasteiger partial charge in [-0.15, -0.1) is 0 Å². The Morgan fingerprint density at radius 3 is 2.57 bits per heavy atom. The normalized spacial score (nSPS) is 20.0. The lowest BCUT2D eigenvalue weighted by Crippen LogP contribution is -2.42. The second-order valence-corrected chi connectivity index (χ2v) is 6.60. The zero-order chi connectivity index (χ0) is 15.7. The fourth-order valence-electron chi connectivity index (χ4n) is 2.56. The van der Waals surface area contributed by atoms with E-state index in [-0.39, 0.29) is 23.3 Å². The summed E-state index contributed by atoms with van der Waals surface area (Å²) < 4.78 is 13.1. The second kappa shape index (κ2) is 5.60. The van der Waals surface area contributed by atoms with Crippen LogP contribution in [0.3, 0.4) is 0 Å². The number of aromatic nitrogens is 1. The number of carbonyl (C=O) groups is 1. The summed E-state index contributed by atoms with van der Waals surface area (Å²) in [4.78, 5) is 14.8. The first-order chi connectivity index (χ1) is 9.71. The summed E-state index contributed by atoms with van der Waals surface area (Å²) in [5, 5.41) is 22.4. The molecule has 0 atom stereocenters. The van der Waals surface area contributed by atoms with Gasteiger partial charge in [-0.2, -0.15) is 0 Å². The minimum absolute atomic E-state index is 0.0853. The van der Waals surface area contributed by atoms with Crippen molar-refractivity contribution in [2.45, 2.75) is 45.1 Å². The Bertz CT molecular complexity index is 536. The minimum Gasteiger partial charge on any atom is -0.478 e. The maximum atomic E-state index is 13.1. The molecule has 0 radical (unpaired) electrons. The SMILES string of the molecule is CC1(C)CCC(O)(CNc2ncc(F)cc2C(=O)O)CC1. The third kappa shape index (κ3) is 3.91. The van der Waals surface area contributed by atoms with E-state index in [1.807, 2.05) is 0 Å². The highest BCUT2D eigenvalue weighted by molar-refractivity contribution is 5.93. The van der Waals surface area contributed by atoms with E-state index in [2.05, 4.69) is 24.1 Å². The quantitative estimate of drug-likeness (QED) is 0.795. The van der Waals surface area contributed by atoms with Crippen LogP contribution in [0.5, 0.6) is 0 Å². The number of aliphatic hydroxyl groups is 1. The Morgan fingerprint density at radius 2 is 2.00 bits per heavy atom. The van der Waals surface area contributed by atoms with Crippen LogP contribution in [-0.2, 0) is 0 Å². The van der Waals surface area contributed by atoms with Crippen LogP contribution < -0.4 is 5.32 Å². The first kappa shape index (κ1) is 15.7. The number of hydrogen-bond donors (Lipinski definition) is 3. The van der Waals surface area contributed by atoms with Crippen LogP contribution in [0.2, 0.25) is 0 Å². The van der Waals surface area contributed by atoms with Crippen molar-refractivity contribution < 1.29 is 19.4 Å². The molecule has 0 aliphatic heterocycles. The topological polar surface area (TPSA) is 82.5 Å². The predicted molar refractivity (Wildman–Crippen MR) is 76.8 cm³/mol. The predicted octanol–water partition coefficient (Wildman–Crippen LogP) is 2.66. The summed E-state index contributed by atoms with van der Waals surface area (Å²) in [7, 11) is 0. The number of nitrogens with one attached hydrogen (secondary N) is 1. The van der Waals surface area contributed by atoms with Crippen LogP contribution in [0, 0.1) is 11.2 Å². The molecule has 1 aliphatic carbocycles. The van der Waals surface area contributed by atoms with Crippen LogP contribution in [0.25, 0.3) is 0 Å². The van der Waals surface area contributed by atoms with Gasteiger partial charge in [0.25, 0.3) is 0 Å². The molecule has 1 heterocycles. The van der Waals surface area contributed by atoms with Gasteiger partial charge in [0.05, 0.1) is 11.8 Å². The number of pyridine rings is 1. The summed E-state index contributed by atoms with van der Waals surface area (Å²) in [6, 6.07) is 0.922. The van der Waals surface area contributed by atoms with Gasteiger partial charge < -0.3 is 15.5 Å². The Labute approximate surface area is 123 Å². The van der Waals surface area contributed by atoms with Gasteiger partial charge in [0.1, 0.15) is 17.2 Å². The van der Waals surface area contributed by atoms with Gasteiger partial charge in [-0.25, -0.2) is 14.2 Å². The van der Waals surface area contributed by atoms with Crippen molar-refractivity contribution in [3.63, 3.8) is 0 Å². The number of carboxylic acid groups (broad SMARTS) is 1. The number of aromatic carboxylic acids is 1. The van der Waals surface area contributed by atoms with E-state index in [1.54, 1.807) is 0 Å². The zero-order valence-corrected chi connectivity index (χ0v) is 12.3. The highest BCUT2D eigenvalue weighted by atomic mass is 19.1. The average Bonchev–Trinajstić information content (AvgIpc) is 2.41. The molecule has 2 rings (SSSR count). The molecule has 0 saturated heterocycles. The van der Waals surface area contributed by atoms with Crippen LogP contribution in [-0.4, -0.2) is 33.3 Å². The van der Waals surface area contributed by atoms with Gasteiger partial charge in [0.15, 0.2) is 0 Å². The molecule has 6 heteroatoms. The molecule has 1 aliphatic rings. The van der Waals surface area contributed by atoms with E-state index in [0.29, 0.717) is 12.8 Å². The summed E-state index contributed by atoms with van der Waals surface area (Å²) in [6.45, 7) is 4.55. The van der Waals surface area contributed by atoms with Crippen molar-refractivity contribution in [3.8, 4) is 0 Å². The fourth-order valence-corrected chi connectivity index (χ4v) is 2.56. The Balaban J connectivity index is 2.05. The Hall–Kier alpha value is -1.69. The van der Waals surface area contributed by atoms with Crippen LogP contribution in [0.15, 0.2) is 12.3 Å². The maximum absolute atomic E-state index is 13.1. The van der Waals surface area contributed by atoms with Crippen molar-refractivity contribution in [3.05, 3.63) is 23.6 Å². The van der Waals surface area contributed by atoms with E-state index < -0.39 is 17.4 Å². The maximum Gasteiger partial charge on any atom is 0.339 e. The lowest BCUT2D eigenvalue weighted by molar-refractivity contribution is -0.0146. The van der Waals surface area contributed by atoms with Gasteiger partial charge >= 0.3 is 5.97 Å². The van der Waals surface area contributed by atoms with Gasteiger partial charge in [-0.05, 0) is 37.2 Å². The van der Waals surface area contributed by atoms with E-state index in [9.17, 15) is 14.3 Å². The summed E-state index contributed by atoms with van der Waals surface area (Å²) in [6.07, 6.45) is 4.08. The van der Waals surface area contributed by atoms with Crippen molar-refractivity contribution in [2.24, 2.45) is 5.41 Å². The van der Waals surface area contributed by atoms with Crippen molar-refractivity contribution in [2.75, 3.05) is 11.9 Å². The number of rotatable bonds is 4. The molecule has 1 fully saturated rings. The molecule has 0 unspecified atom stereocenters. The second-order valence-electron chi connectivity index (χ2n) is 6.60. The lowest BCUT2D eigenvalue weighted by Gasteiger charge is -2.40. The van der Waals surface area contributed by atoms with Crippen molar-refractivity contribution in [1.29, 1.82) is 0 Å². The molecule has 0 amide bonds. The lowest BCUT2D eigenvalue weighted by atomic mass is 9.71. The van der Waals surface area contributed by atoms with Crippen LogP contribution >= 0.6 is 0 Å². The molecule has 5 nitrogen and oxygen atoms in total. The largest absolute Gasteiger partial charge is 0.478 e. The molecule has 1 saturated carbocycles. The molecular weight excluding hydrogens is 275 g/mol. The van der Waals surface area contributed by atoms with E-state index >= 15 is 0 Å². The standard InChI is InChI=1S/C15H21FN2O3/c1-14(2)3-5-15(21,6-4-14)9-18-12-11(13(19)20)7-10(16)8-17-12/h7-8,21H,3-6,9H2,1-2H3,(H,17,18)(H,19,20). The number of nitrogens with zero attached hydrogens (tertiary/aromatic N) is 1. The van der Waals surface area contributed by atoms with E-state index in [4.69, 9.17) is 5.11 Å². The molecule has 0 bridgehead atoms. The molecule has 0 spiro atoms. The molecule has 1 aromatic rings. The number of anilines is 1. The number of halogens is 1. The smallest absolute Gasteiger partial charge is 0.339 e. The summed E-state index contributed by atoms with van der Waals surface area (Å²) in [5.41, 5.74) is -0.872. The van der Waals surface area contributed by atoms with Gasteiger partial charge in [0.2, 0.25) is 0 Å². The third-order valence-electron chi connectivity index (χ3n) is 4.20. The first-order valence-corrected chi connectivity index (χ1v) is 7.06. The van der Waals surface area contributed by atoms with Gasteiger partial charge in [-0.3, -0.25) is 0 Å². The van der Waals surface area contributed by atoms with Crippen molar-refractivity contribution in [1.82, 2.24) is 4.98 Å². The summed E-state index contributed by atoms with van der Waals surface area (Å²) >= 11 is 0. The van der Waals surface area contributed by atoms with Crippen molar-refractivity contribution >= 4 is 11.8 Å². The third-order valence-corrected chi connectivity index (χ3v) is 4.20. The minimum atomic E-state index is -1.25. The molecule has 0 aromatic carbocycles. The number of hydrogen-bond acceptors (Lipinski definition) is 4. The van der Waals surface area contributed by atoms with Crippen LogP contribution in [0.4, 0.5) is 10.2 Å². The van der Waals surface area contributed by atoms with E-state index in [1.165, 1.54) is 0 Å². The van der Waals surface area contributed by atoms with Gasteiger partial charge in [0, 0.05) is 6.54 Å². The molecule has 21 heavy (non-hydrogen) atoms. The first-order valence-electron chi connectivity index (χ1n) is 7.06. The fraction of sp³-hybridized carbons (Fsp3) is 0.600. The molecule has 3 N–H and O–H groups in total. The number of carboxylic acids is 1.